The van der Waals surface area contributed by atoms with Gasteiger partial charge in [0.05, 0.1) is 23.6 Å². The molecule has 17 heavy (non-hydrogen) atoms. The molecule has 0 saturated carbocycles. The predicted octanol–water partition coefficient (Wildman–Crippen LogP) is 3.60. The number of benzene rings is 1. The van der Waals surface area contributed by atoms with Crippen molar-refractivity contribution in [1.82, 2.24) is 4.98 Å². The third kappa shape index (κ3) is 2.80. The van der Waals surface area contributed by atoms with E-state index in [2.05, 4.69) is 26.2 Å². The van der Waals surface area contributed by atoms with E-state index in [1.807, 2.05) is 6.07 Å². The molecule has 0 fully saturated rings. The summed E-state index contributed by atoms with van der Waals surface area (Å²) in [7, 11) is 0. The van der Waals surface area contributed by atoms with E-state index in [9.17, 15) is 4.39 Å². The largest absolute Gasteiger partial charge is 0.354 e. The smallest absolute Gasteiger partial charge is 0.143 e. The van der Waals surface area contributed by atoms with E-state index in [0.29, 0.717) is 15.7 Å². The van der Waals surface area contributed by atoms with Gasteiger partial charge in [0.1, 0.15) is 11.9 Å². The summed E-state index contributed by atoms with van der Waals surface area (Å²) < 4.78 is 13.6. The summed E-state index contributed by atoms with van der Waals surface area (Å²) in [6, 6.07) is 8.57. The second-order valence-electron chi connectivity index (χ2n) is 3.32. The van der Waals surface area contributed by atoms with Crippen molar-refractivity contribution < 1.29 is 4.39 Å². The van der Waals surface area contributed by atoms with Crippen molar-refractivity contribution in [1.29, 1.82) is 5.26 Å². The Balaban J connectivity index is 2.25. The molecule has 5 heteroatoms. The first kappa shape index (κ1) is 11.6. The molecule has 1 N–H and O–H groups in total. The molecule has 0 aliphatic rings. The lowest BCUT2D eigenvalue weighted by Gasteiger charge is -2.06. The van der Waals surface area contributed by atoms with Crippen molar-refractivity contribution in [3.05, 3.63) is 52.5 Å². The van der Waals surface area contributed by atoms with Crippen molar-refractivity contribution in [2.75, 3.05) is 5.32 Å². The van der Waals surface area contributed by atoms with Gasteiger partial charge in [-0.15, -0.1) is 0 Å². The van der Waals surface area contributed by atoms with Crippen LogP contribution >= 0.6 is 15.9 Å². The molecular weight excluding hydrogens is 285 g/mol. The quantitative estimate of drug-likeness (QED) is 0.920. The molecule has 0 aliphatic heterocycles. The fourth-order valence-corrected chi connectivity index (χ4v) is 1.80. The Morgan fingerprint density at radius 2 is 2.06 bits per heavy atom. The van der Waals surface area contributed by atoms with Gasteiger partial charge in [-0.3, -0.25) is 4.98 Å². The standard InChI is InChI=1S/C12H7BrFN3/c13-12-4-10(2-1-8(12)5-15)17-11-3-9(14)6-16-7-11/h1-4,6-7,17H. The van der Waals surface area contributed by atoms with Gasteiger partial charge in [-0.2, -0.15) is 5.26 Å². The maximum atomic E-state index is 12.9. The first-order chi connectivity index (χ1) is 8.19. The van der Waals surface area contributed by atoms with Crippen LogP contribution in [0.2, 0.25) is 0 Å². The lowest BCUT2D eigenvalue weighted by atomic mass is 10.2. The number of nitrogens with zero attached hydrogens (tertiary/aromatic N) is 2. The molecular formula is C12H7BrFN3. The van der Waals surface area contributed by atoms with Gasteiger partial charge in [-0.1, -0.05) is 0 Å². The Labute approximate surface area is 106 Å². The fourth-order valence-electron chi connectivity index (χ4n) is 1.33. The molecule has 0 atom stereocenters. The number of anilines is 2. The number of nitrogens with one attached hydrogen (secondary N) is 1. The van der Waals surface area contributed by atoms with Gasteiger partial charge in [0, 0.05) is 16.2 Å². The number of nitriles is 1. The van der Waals surface area contributed by atoms with Crippen LogP contribution < -0.4 is 5.32 Å². The third-order valence-corrected chi connectivity index (χ3v) is 2.74. The third-order valence-electron chi connectivity index (χ3n) is 2.08. The molecule has 1 aromatic carbocycles. The van der Waals surface area contributed by atoms with Gasteiger partial charge in [0.2, 0.25) is 0 Å². The highest BCUT2D eigenvalue weighted by Gasteiger charge is 2.01. The van der Waals surface area contributed by atoms with E-state index < -0.39 is 5.82 Å². The van der Waals surface area contributed by atoms with E-state index >= 15 is 0 Å². The average molecular weight is 292 g/mol. The maximum absolute atomic E-state index is 12.9. The van der Waals surface area contributed by atoms with Crippen LogP contribution in [-0.4, -0.2) is 4.98 Å². The molecule has 1 heterocycles. The number of rotatable bonds is 2. The van der Waals surface area contributed by atoms with Crippen LogP contribution in [0.1, 0.15) is 5.56 Å². The van der Waals surface area contributed by atoms with E-state index in [1.54, 1.807) is 18.2 Å². The highest BCUT2D eigenvalue weighted by molar-refractivity contribution is 9.10. The fraction of sp³-hybridized carbons (Fsp3) is 0. The van der Waals surface area contributed by atoms with Gasteiger partial charge in [0.15, 0.2) is 0 Å². The van der Waals surface area contributed by atoms with E-state index in [1.165, 1.54) is 12.3 Å². The average Bonchev–Trinajstić information content (AvgIpc) is 2.29. The summed E-state index contributed by atoms with van der Waals surface area (Å²) >= 11 is 3.28. The normalized spacial score (nSPS) is 9.71. The summed E-state index contributed by atoms with van der Waals surface area (Å²) in [4.78, 5) is 3.73. The topological polar surface area (TPSA) is 48.7 Å². The Kier molecular flexibility index (Phi) is 3.35. The summed E-state index contributed by atoms with van der Waals surface area (Å²) in [6.07, 6.45) is 2.66. The van der Waals surface area contributed by atoms with Crippen LogP contribution in [0.4, 0.5) is 15.8 Å². The zero-order valence-corrected chi connectivity index (χ0v) is 10.2. The Hall–Kier alpha value is -1.93. The minimum Gasteiger partial charge on any atom is -0.354 e. The van der Waals surface area contributed by atoms with Crippen LogP contribution in [0.25, 0.3) is 0 Å². The van der Waals surface area contributed by atoms with Gasteiger partial charge < -0.3 is 5.32 Å². The first-order valence-electron chi connectivity index (χ1n) is 4.76. The van der Waals surface area contributed by atoms with Crippen LogP contribution in [0.15, 0.2) is 41.1 Å². The number of hydrogen-bond acceptors (Lipinski definition) is 3. The molecule has 0 bridgehead atoms. The molecule has 0 radical (unpaired) electrons. The molecule has 0 aliphatic carbocycles. The van der Waals surface area contributed by atoms with Crippen molar-refractivity contribution >= 4 is 27.3 Å². The zero-order valence-electron chi connectivity index (χ0n) is 8.61. The molecule has 0 unspecified atom stereocenters. The van der Waals surface area contributed by atoms with Crippen molar-refractivity contribution in [2.45, 2.75) is 0 Å². The maximum Gasteiger partial charge on any atom is 0.143 e. The second-order valence-corrected chi connectivity index (χ2v) is 4.18. The minimum absolute atomic E-state index is 0.400. The van der Waals surface area contributed by atoms with Crippen molar-refractivity contribution in [2.24, 2.45) is 0 Å². The highest BCUT2D eigenvalue weighted by atomic mass is 79.9. The molecule has 3 nitrogen and oxygen atoms in total. The van der Waals surface area contributed by atoms with E-state index in [4.69, 9.17) is 5.26 Å². The number of aromatic nitrogens is 1. The van der Waals surface area contributed by atoms with E-state index in [-0.39, 0.29) is 0 Å². The minimum atomic E-state index is -0.400. The zero-order chi connectivity index (χ0) is 12.3. The highest BCUT2D eigenvalue weighted by Crippen LogP contribution is 2.23. The Morgan fingerprint density at radius 1 is 1.24 bits per heavy atom. The monoisotopic (exact) mass is 291 g/mol. The van der Waals surface area contributed by atoms with Crippen LogP contribution in [0, 0.1) is 17.1 Å². The van der Waals surface area contributed by atoms with Crippen molar-refractivity contribution in [3.63, 3.8) is 0 Å². The summed E-state index contributed by atoms with van der Waals surface area (Å²) in [5.74, 6) is -0.400. The van der Waals surface area contributed by atoms with Gasteiger partial charge in [-0.05, 0) is 34.1 Å². The number of hydrogen-bond donors (Lipinski definition) is 1. The van der Waals surface area contributed by atoms with Crippen molar-refractivity contribution in [3.8, 4) is 6.07 Å². The summed E-state index contributed by atoms with van der Waals surface area (Å²) in [5, 5.41) is 11.8. The number of halogens is 2. The van der Waals surface area contributed by atoms with Gasteiger partial charge >= 0.3 is 0 Å². The lowest BCUT2D eigenvalue weighted by molar-refractivity contribution is 0.622. The van der Waals surface area contributed by atoms with E-state index in [0.717, 1.165) is 11.9 Å². The van der Waals surface area contributed by atoms with Crippen LogP contribution in [-0.2, 0) is 0 Å². The van der Waals surface area contributed by atoms with Gasteiger partial charge in [-0.25, -0.2) is 4.39 Å². The molecule has 1 aromatic heterocycles. The van der Waals surface area contributed by atoms with Crippen LogP contribution in [0.5, 0.6) is 0 Å². The Bertz CT molecular complexity index is 593. The summed E-state index contributed by atoms with van der Waals surface area (Å²) in [5.41, 5.74) is 1.86. The van der Waals surface area contributed by atoms with Gasteiger partial charge in [0.25, 0.3) is 0 Å². The molecule has 0 saturated heterocycles. The number of pyridine rings is 1. The molecule has 2 aromatic rings. The summed E-state index contributed by atoms with van der Waals surface area (Å²) in [6.45, 7) is 0. The Morgan fingerprint density at radius 3 is 2.71 bits per heavy atom. The molecule has 2 rings (SSSR count). The predicted molar refractivity (Wildman–Crippen MR) is 66.3 cm³/mol. The first-order valence-corrected chi connectivity index (χ1v) is 5.55. The second kappa shape index (κ2) is 4.93. The molecule has 0 amide bonds. The molecule has 84 valence electrons. The molecule has 0 spiro atoms. The SMILES string of the molecule is N#Cc1ccc(Nc2cncc(F)c2)cc1Br. The van der Waals surface area contributed by atoms with Crippen LogP contribution in [0.3, 0.4) is 0 Å². The lowest BCUT2D eigenvalue weighted by Crippen LogP contribution is -1.92.